The van der Waals surface area contributed by atoms with E-state index >= 15 is 0 Å². The molecule has 5 heteroatoms. The predicted molar refractivity (Wildman–Crippen MR) is 67.1 cm³/mol. The summed E-state index contributed by atoms with van der Waals surface area (Å²) in [4.78, 5) is 12.9. The highest BCUT2D eigenvalue weighted by Gasteiger charge is 2.35. The zero-order valence-electron chi connectivity index (χ0n) is 10.1. The molecule has 0 amide bonds. The Balaban J connectivity index is 2.15. The van der Waals surface area contributed by atoms with Crippen LogP contribution in [-0.2, 0) is 11.3 Å². The van der Waals surface area contributed by atoms with Gasteiger partial charge in [-0.25, -0.2) is 4.39 Å². The summed E-state index contributed by atoms with van der Waals surface area (Å²) in [7, 11) is 0. The number of aliphatic carboxylic acids is 1. The van der Waals surface area contributed by atoms with Crippen LogP contribution in [0.4, 0.5) is 4.39 Å². The average Bonchev–Trinajstić information content (AvgIpc) is 3.11. The van der Waals surface area contributed by atoms with E-state index in [9.17, 15) is 9.18 Å². The van der Waals surface area contributed by atoms with Crippen LogP contribution in [0.15, 0.2) is 18.2 Å². The first kappa shape index (κ1) is 13.3. The van der Waals surface area contributed by atoms with Crippen molar-refractivity contribution in [3.63, 3.8) is 0 Å². The van der Waals surface area contributed by atoms with E-state index in [-0.39, 0.29) is 11.9 Å². The Hall–Kier alpha value is -1.13. The van der Waals surface area contributed by atoms with Crippen LogP contribution >= 0.6 is 11.6 Å². The van der Waals surface area contributed by atoms with Gasteiger partial charge in [0.1, 0.15) is 11.9 Å². The first-order chi connectivity index (χ1) is 8.49. The second-order valence-electron chi connectivity index (χ2n) is 4.65. The lowest BCUT2D eigenvalue weighted by Crippen LogP contribution is -2.40. The summed E-state index contributed by atoms with van der Waals surface area (Å²) in [6.07, 6.45) is 1.96. The highest BCUT2D eigenvalue weighted by Crippen LogP contribution is 2.31. The summed E-state index contributed by atoms with van der Waals surface area (Å²) in [5, 5.41) is 9.41. The quantitative estimate of drug-likeness (QED) is 0.895. The molecule has 98 valence electrons. The molecule has 1 aromatic rings. The molecule has 1 fully saturated rings. The van der Waals surface area contributed by atoms with Crippen LogP contribution in [0.2, 0.25) is 5.02 Å². The summed E-state index contributed by atoms with van der Waals surface area (Å²) in [6, 6.07) is 4.14. The lowest BCUT2D eigenvalue weighted by Gasteiger charge is -2.26. The molecule has 1 aromatic carbocycles. The maximum atomic E-state index is 13.7. The van der Waals surface area contributed by atoms with Gasteiger partial charge in [-0.05, 0) is 31.9 Å². The van der Waals surface area contributed by atoms with Crippen molar-refractivity contribution >= 4 is 17.6 Å². The fraction of sp³-hybridized carbons (Fsp3) is 0.462. The Morgan fingerprint density at radius 1 is 1.61 bits per heavy atom. The van der Waals surface area contributed by atoms with E-state index in [1.165, 1.54) is 6.07 Å². The standard InChI is InChI=1S/C13H15ClFNO2/c1-8(13(17)18)16(11-4-5-11)7-9-2-3-10(14)6-12(9)15/h2-3,6,8,11H,4-5,7H2,1H3,(H,17,18). The van der Waals surface area contributed by atoms with Crippen LogP contribution < -0.4 is 0 Å². The molecule has 18 heavy (non-hydrogen) atoms. The van der Waals surface area contributed by atoms with Crippen molar-refractivity contribution in [1.29, 1.82) is 0 Å². The molecule has 1 aliphatic rings. The second kappa shape index (κ2) is 5.24. The number of rotatable bonds is 5. The third-order valence-electron chi connectivity index (χ3n) is 3.24. The molecular weight excluding hydrogens is 257 g/mol. The van der Waals surface area contributed by atoms with Crippen molar-refractivity contribution in [2.45, 2.75) is 38.4 Å². The van der Waals surface area contributed by atoms with E-state index in [1.54, 1.807) is 19.1 Å². The third-order valence-corrected chi connectivity index (χ3v) is 3.47. The molecular formula is C13H15ClFNO2. The van der Waals surface area contributed by atoms with Crippen molar-refractivity contribution in [3.05, 3.63) is 34.6 Å². The SMILES string of the molecule is CC(C(=O)O)N(Cc1ccc(Cl)cc1F)C1CC1. The number of benzene rings is 1. The molecule has 0 aliphatic heterocycles. The molecule has 0 saturated heterocycles. The first-order valence-corrected chi connectivity index (χ1v) is 6.29. The number of carboxylic acids is 1. The molecule has 2 rings (SSSR count). The largest absolute Gasteiger partial charge is 0.480 e. The first-order valence-electron chi connectivity index (χ1n) is 5.91. The zero-order valence-corrected chi connectivity index (χ0v) is 10.8. The van der Waals surface area contributed by atoms with Gasteiger partial charge in [0.2, 0.25) is 0 Å². The van der Waals surface area contributed by atoms with Crippen molar-refractivity contribution in [1.82, 2.24) is 4.90 Å². The Bertz CT molecular complexity index is 462. The van der Waals surface area contributed by atoms with E-state index in [0.717, 1.165) is 12.8 Å². The summed E-state index contributed by atoms with van der Waals surface area (Å²) in [5.41, 5.74) is 0.486. The highest BCUT2D eigenvalue weighted by molar-refractivity contribution is 6.30. The Morgan fingerprint density at radius 3 is 2.78 bits per heavy atom. The minimum absolute atomic E-state index is 0.256. The van der Waals surface area contributed by atoms with Gasteiger partial charge in [0.05, 0.1) is 0 Å². The van der Waals surface area contributed by atoms with Crippen LogP contribution in [0.1, 0.15) is 25.3 Å². The summed E-state index contributed by atoms with van der Waals surface area (Å²) >= 11 is 5.69. The van der Waals surface area contributed by atoms with Crippen LogP contribution in [0.5, 0.6) is 0 Å². The fourth-order valence-electron chi connectivity index (χ4n) is 1.98. The van der Waals surface area contributed by atoms with Crippen LogP contribution in [0, 0.1) is 5.82 Å². The average molecular weight is 272 g/mol. The van der Waals surface area contributed by atoms with Crippen molar-refractivity contribution in [3.8, 4) is 0 Å². The van der Waals surface area contributed by atoms with Gasteiger partial charge in [-0.1, -0.05) is 17.7 Å². The number of hydrogen-bond donors (Lipinski definition) is 1. The molecule has 0 heterocycles. The Morgan fingerprint density at radius 2 is 2.28 bits per heavy atom. The molecule has 1 unspecified atom stereocenters. The number of carboxylic acid groups (broad SMARTS) is 1. The van der Waals surface area contributed by atoms with Gasteiger partial charge >= 0.3 is 5.97 Å². The number of hydrogen-bond acceptors (Lipinski definition) is 2. The van der Waals surface area contributed by atoms with Gasteiger partial charge in [0, 0.05) is 23.2 Å². The predicted octanol–water partition coefficient (Wildman–Crippen LogP) is 2.92. The lowest BCUT2D eigenvalue weighted by atomic mass is 10.1. The summed E-state index contributed by atoms with van der Waals surface area (Å²) in [5.74, 6) is -1.26. The van der Waals surface area contributed by atoms with Crippen molar-refractivity contribution in [2.24, 2.45) is 0 Å². The van der Waals surface area contributed by atoms with Crippen molar-refractivity contribution < 1.29 is 14.3 Å². The zero-order chi connectivity index (χ0) is 13.3. The molecule has 0 aromatic heterocycles. The third kappa shape index (κ3) is 3.00. The topological polar surface area (TPSA) is 40.5 Å². The van der Waals surface area contributed by atoms with Gasteiger partial charge in [-0.2, -0.15) is 0 Å². The fourth-order valence-corrected chi connectivity index (χ4v) is 2.14. The normalized spacial score (nSPS) is 16.9. The summed E-state index contributed by atoms with van der Waals surface area (Å²) < 4.78 is 13.7. The minimum atomic E-state index is -0.878. The van der Waals surface area contributed by atoms with Crippen molar-refractivity contribution in [2.75, 3.05) is 0 Å². The van der Waals surface area contributed by atoms with Crippen LogP contribution in [-0.4, -0.2) is 28.1 Å². The molecule has 1 saturated carbocycles. The molecule has 1 aliphatic carbocycles. The smallest absolute Gasteiger partial charge is 0.320 e. The monoisotopic (exact) mass is 271 g/mol. The van der Waals surface area contributed by atoms with Gasteiger partial charge in [0.25, 0.3) is 0 Å². The van der Waals surface area contributed by atoms with Gasteiger partial charge in [0.15, 0.2) is 0 Å². The number of nitrogens with zero attached hydrogens (tertiary/aromatic N) is 1. The van der Waals surface area contributed by atoms with E-state index < -0.39 is 12.0 Å². The lowest BCUT2D eigenvalue weighted by molar-refractivity contribution is -0.143. The molecule has 3 nitrogen and oxygen atoms in total. The summed E-state index contributed by atoms with van der Waals surface area (Å²) in [6.45, 7) is 1.94. The molecule has 0 spiro atoms. The number of halogens is 2. The molecule has 1 atom stereocenters. The number of carbonyl (C=O) groups is 1. The van der Waals surface area contributed by atoms with Crippen LogP contribution in [0.25, 0.3) is 0 Å². The maximum absolute atomic E-state index is 13.7. The van der Waals surface area contributed by atoms with Crippen LogP contribution in [0.3, 0.4) is 0 Å². The second-order valence-corrected chi connectivity index (χ2v) is 5.09. The molecule has 0 radical (unpaired) electrons. The molecule has 0 bridgehead atoms. The minimum Gasteiger partial charge on any atom is -0.480 e. The van der Waals surface area contributed by atoms with E-state index in [4.69, 9.17) is 16.7 Å². The van der Waals surface area contributed by atoms with Gasteiger partial charge in [-0.3, -0.25) is 9.69 Å². The van der Waals surface area contributed by atoms with E-state index in [0.29, 0.717) is 17.1 Å². The van der Waals surface area contributed by atoms with E-state index in [1.807, 2.05) is 4.90 Å². The highest BCUT2D eigenvalue weighted by atomic mass is 35.5. The maximum Gasteiger partial charge on any atom is 0.320 e. The Labute approximate surface area is 110 Å². The molecule has 1 N–H and O–H groups in total. The van der Waals surface area contributed by atoms with Gasteiger partial charge < -0.3 is 5.11 Å². The van der Waals surface area contributed by atoms with Gasteiger partial charge in [-0.15, -0.1) is 0 Å². The Kier molecular flexibility index (Phi) is 3.88. The van der Waals surface area contributed by atoms with E-state index in [2.05, 4.69) is 0 Å².